The SMILES string of the molecule is CCCCCC1(c2ccccc2)N=C(n2ncnn2)OC1c1ccc(S(N)(=O)=O)cc1. The number of aromatic nitrogens is 4. The molecule has 0 radical (unpaired) electrons. The molecule has 3 aromatic rings. The minimum Gasteiger partial charge on any atom is -0.451 e. The number of sulfonamides is 1. The van der Waals surface area contributed by atoms with Crippen LogP contribution >= 0.6 is 0 Å². The molecule has 1 aliphatic heterocycles. The van der Waals surface area contributed by atoms with Gasteiger partial charge in [0.15, 0.2) is 12.4 Å². The van der Waals surface area contributed by atoms with Gasteiger partial charge in [-0.3, -0.25) is 0 Å². The zero-order valence-electron chi connectivity index (χ0n) is 17.1. The number of hydrogen-bond acceptors (Lipinski definition) is 7. The first-order chi connectivity index (χ1) is 14.9. The fourth-order valence-electron chi connectivity index (χ4n) is 3.90. The van der Waals surface area contributed by atoms with Crippen molar-refractivity contribution in [2.75, 3.05) is 0 Å². The summed E-state index contributed by atoms with van der Waals surface area (Å²) in [6.07, 6.45) is 4.63. The van der Waals surface area contributed by atoms with E-state index in [0.29, 0.717) is 0 Å². The second-order valence-electron chi connectivity index (χ2n) is 7.48. The Balaban J connectivity index is 1.83. The summed E-state index contributed by atoms with van der Waals surface area (Å²) in [7, 11) is -3.79. The lowest BCUT2D eigenvalue weighted by Gasteiger charge is -2.32. The monoisotopic (exact) mass is 440 g/mol. The van der Waals surface area contributed by atoms with Crippen molar-refractivity contribution in [3.8, 4) is 0 Å². The van der Waals surface area contributed by atoms with Gasteiger partial charge in [-0.05, 0) is 34.9 Å². The van der Waals surface area contributed by atoms with Gasteiger partial charge >= 0.3 is 6.02 Å². The third kappa shape index (κ3) is 4.21. The molecule has 0 bridgehead atoms. The van der Waals surface area contributed by atoms with Crippen molar-refractivity contribution in [3.63, 3.8) is 0 Å². The fraction of sp³-hybridized carbons (Fsp3) is 0.333. The van der Waals surface area contributed by atoms with E-state index < -0.39 is 21.7 Å². The van der Waals surface area contributed by atoms with Crippen LogP contribution in [0.3, 0.4) is 0 Å². The van der Waals surface area contributed by atoms with Gasteiger partial charge in [0.1, 0.15) is 5.54 Å². The van der Waals surface area contributed by atoms with Crippen molar-refractivity contribution in [1.82, 2.24) is 20.2 Å². The highest BCUT2D eigenvalue weighted by Crippen LogP contribution is 2.49. The lowest BCUT2D eigenvalue weighted by atomic mass is 9.78. The van der Waals surface area contributed by atoms with Gasteiger partial charge in [0.25, 0.3) is 0 Å². The average Bonchev–Trinajstić information content (AvgIpc) is 3.43. The number of ether oxygens (including phenoxy) is 1. The van der Waals surface area contributed by atoms with Crippen LogP contribution in [0, 0.1) is 0 Å². The molecule has 0 aliphatic carbocycles. The number of nitrogens with two attached hydrogens (primary N) is 1. The van der Waals surface area contributed by atoms with Gasteiger partial charge in [-0.2, -0.15) is 0 Å². The summed E-state index contributed by atoms with van der Waals surface area (Å²) in [5.41, 5.74) is 1.07. The highest BCUT2D eigenvalue weighted by molar-refractivity contribution is 7.89. The number of rotatable bonds is 7. The smallest absolute Gasteiger partial charge is 0.333 e. The molecule has 0 amide bonds. The summed E-state index contributed by atoms with van der Waals surface area (Å²) in [6.45, 7) is 2.15. The molecule has 2 atom stereocenters. The fourth-order valence-corrected chi connectivity index (χ4v) is 4.42. The van der Waals surface area contributed by atoms with E-state index in [1.807, 2.05) is 30.3 Å². The molecule has 1 aromatic heterocycles. The molecule has 4 rings (SSSR count). The average molecular weight is 441 g/mol. The first kappa shape index (κ1) is 21.1. The van der Waals surface area contributed by atoms with E-state index in [4.69, 9.17) is 14.9 Å². The van der Waals surface area contributed by atoms with Crippen molar-refractivity contribution < 1.29 is 13.2 Å². The normalized spacial score (nSPS) is 21.0. The highest BCUT2D eigenvalue weighted by atomic mass is 32.2. The maximum atomic E-state index is 11.7. The van der Waals surface area contributed by atoms with E-state index in [-0.39, 0.29) is 10.9 Å². The molecule has 0 saturated carbocycles. The number of nitrogens with zero attached hydrogens (tertiary/aromatic N) is 5. The van der Waals surface area contributed by atoms with Crippen LogP contribution in [-0.2, 0) is 20.3 Å². The van der Waals surface area contributed by atoms with Gasteiger partial charge in [0, 0.05) is 0 Å². The van der Waals surface area contributed by atoms with Crippen LogP contribution in [0.4, 0.5) is 0 Å². The van der Waals surface area contributed by atoms with Crippen LogP contribution in [0.1, 0.15) is 49.8 Å². The molecule has 2 aromatic carbocycles. The van der Waals surface area contributed by atoms with Crippen LogP contribution in [0.15, 0.2) is 70.8 Å². The Morgan fingerprint density at radius 3 is 2.45 bits per heavy atom. The van der Waals surface area contributed by atoms with E-state index in [9.17, 15) is 8.42 Å². The molecular weight excluding hydrogens is 416 g/mol. The molecule has 2 N–H and O–H groups in total. The van der Waals surface area contributed by atoms with E-state index >= 15 is 0 Å². The molecule has 0 spiro atoms. The predicted octanol–water partition coefficient (Wildman–Crippen LogP) is 2.77. The number of hydrogen-bond donors (Lipinski definition) is 1. The quantitative estimate of drug-likeness (QED) is 0.563. The summed E-state index contributed by atoms with van der Waals surface area (Å²) >= 11 is 0. The maximum absolute atomic E-state index is 11.7. The second-order valence-corrected chi connectivity index (χ2v) is 9.04. The number of aliphatic imine (C=N–C) groups is 1. The van der Waals surface area contributed by atoms with Crippen LogP contribution < -0.4 is 5.14 Å². The van der Waals surface area contributed by atoms with Crippen LogP contribution in [-0.4, -0.2) is 34.6 Å². The largest absolute Gasteiger partial charge is 0.451 e. The van der Waals surface area contributed by atoms with Crippen LogP contribution in [0.5, 0.6) is 0 Å². The molecular formula is C21H24N6O3S. The second kappa shape index (κ2) is 8.56. The Hall–Kier alpha value is -3.11. The number of unbranched alkanes of at least 4 members (excludes halogenated alkanes) is 2. The van der Waals surface area contributed by atoms with Gasteiger partial charge < -0.3 is 4.74 Å². The van der Waals surface area contributed by atoms with Crippen molar-refractivity contribution in [2.45, 2.75) is 49.1 Å². The predicted molar refractivity (Wildman–Crippen MR) is 115 cm³/mol. The number of benzene rings is 2. The standard InChI is InChI=1S/C21H24N6O3S/c1-2-3-7-14-21(17-8-5-4-6-9-17)19(30-20(25-21)27-24-15-23-26-27)16-10-12-18(13-11-16)31(22,28)29/h4-6,8-13,15,19H,2-3,7,14H2,1H3,(H2,22,28,29). The molecule has 31 heavy (non-hydrogen) atoms. The van der Waals surface area contributed by atoms with Gasteiger partial charge in [0.05, 0.1) is 4.90 Å². The van der Waals surface area contributed by atoms with E-state index in [1.165, 1.54) is 23.3 Å². The lowest BCUT2D eigenvalue weighted by Crippen LogP contribution is -2.29. The molecule has 0 fully saturated rings. The molecule has 2 heterocycles. The molecule has 10 heteroatoms. The molecule has 1 aliphatic rings. The van der Waals surface area contributed by atoms with Gasteiger partial charge in [0.2, 0.25) is 10.0 Å². The van der Waals surface area contributed by atoms with Gasteiger partial charge in [-0.25, -0.2) is 18.5 Å². The van der Waals surface area contributed by atoms with Crippen molar-refractivity contribution >= 4 is 16.0 Å². The molecule has 162 valence electrons. The van der Waals surface area contributed by atoms with E-state index in [2.05, 4.69) is 22.3 Å². The van der Waals surface area contributed by atoms with Gasteiger partial charge in [-0.15, -0.1) is 10.2 Å². The minimum absolute atomic E-state index is 0.0459. The Morgan fingerprint density at radius 1 is 1.10 bits per heavy atom. The molecule has 9 nitrogen and oxygen atoms in total. The first-order valence-corrected chi connectivity index (χ1v) is 11.7. The maximum Gasteiger partial charge on any atom is 0.333 e. The summed E-state index contributed by atoms with van der Waals surface area (Å²) in [5.74, 6) is 0. The summed E-state index contributed by atoms with van der Waals surface area (Å²) in [4.78, 5) is 6.29. The third-order valence-corrected chi connectivity index (χ3v) is 6.35. The Labute approximate surface area is 181 Å². The topological polar surface area (TPSA) is 125 Å². The van der Waals surface area contributed by atoms with Crippen molar-refractivity contribution in [3.05, 3.63) is 72.1 Å². The number of tetrazole rings is 1. The zero-order chi connectivity index (χ0) is 21.9. The van der Waals surface area contributed by atoms with Crippen LogP contribution in [0.25, 0.3) is 0 Å². The highest BCUT2D eigenvalue weighted by Gasteiger charge is 2.49. The van der Waals surface area contributed by atoms with E-state index in [1.54, 1.807) is 12.1 Å². The Morgan fingerprint density at radius 2 is 1.84 bits per heavy atom. The zero-order valence-corrected chi connectivity index (χ0v) is 17.9. The lowest BCUT2D eigenvalue weighted by molar-refractivity contribution is 0.121. The van der Waals surface area contributed by atoms with Crippen molar-refractivity contribution in [2.24, 2.45) is 10.1 Å². The third-order valence-electron chi connectivity index (χ3n) is 5.42. The molecule has 2 unspecified atom stereocenters. The summed E-state index contributed by atoms with van der Waals surface area (Å²) in [5, 5.41) is 17.0. The Bertz CT molecular complexity index is 1150. The van der Waals surface area contributed by atoms with E-state index in [0.717, 1.165) is 36.8 Å². The minimum atomic E-state index is -3.79. The van der Waals surface area contributed by atoms with Crippen molar-refractivity contribution in [1.29, 1.82) is 0 Å². The summed E-state index contributed by atoms with van der Waals surface area (Å²) < 4.78 is 29.7. The first-order valence-electron chi connectivity index (χ1n) is 10.1. The number of primary sulfonamides is 1. The molecule has 0 saturated heterocycles. The van der Waals surface area contributed by atoms with Crippen LogP contribution in [0.2, 0.25) is 0 Å². The van der Waals surface area contributed by atoms with Gasteiger partial charge in [-0.1, -0.05) is 73.4 Å². The Kier molecular flexibility index (Phi) is 5.84. The summed E-state index contributed by atoms with van der Waals surface area (Å²) in [6, 6.07) is 16.6.